The number of aliphatic imine (C=N–C) groups is 1. The SMILES string of the molecule is C1=CC(c2ccc(-c3ccccc3)cc2)N=C(n2c3ccccc3c3cc(-c4cccc5c4sc4ccccc45)ccc32)N1. The summed E-state index contributed by atoms with van der Waals surface area (Å²) in [5.74, 6) is 0.829. The molecule has 3 heterocycles. The summed E-state index contributed by atoms with van der Waals surface area (Å²) in [5.41, 5.74) is 8.38. The normalized spacial score (nSPS) is 14.8. The summed E-state index contributed by atoms with van der Waals surface area (Å²) in [5, 5.41) is 8.55. The third-order valence-corrected chi connectivity index (χ3v) is 9.93. The van der Waals surface area contributed by atoms with Crippen LogP contribution in [0.5, 0.6) is 0 Å². The van der Waals surface area contributed by atoms with Gasteiger partial charge in [0.1, 0.15) is 0 Å². The first-order valence-corrected chi connectivity index (χ1v) is 15.7. The fourth-order valence-corrected chi connectivity index (χ4v) is 7.82. The Morgan fingerprint density at radius 2 is 1.27 bits per heavy atom. The van der Waals surface area contributed by atoms with E-state index < -0.39 is 0 Å². The molecule has 0 fully saturated rings. The Labute approximate surface area is 259 Å². The Kier molecular flexibility index (Phi) is 5.75. The van der Waals surface area contributed by atoms with E-state index in [0.717, 1.165) is 17.0 Å². The van der Waals surface area contributed by atoms with E-state index in [1.54, 1.807) is 0 Å². The Balaban J connectivity index is 1.15. The van der Waals surface area contributed by atoms with Gasteiger partial charge in [0.15, 0.2) is 0 Å². The van der Waals surface area contributed by atoms with Gasteiger partial charge < -0.3 is 5.32 Å². The number of nitrogens with zero attached hydrogens (tertiary/aromatic N) is 2. The molecule has 2 aromatic heterocycles. The van der Waals surface area contributed by atoms with Gasteiger partial charge in [0, 0.05) is 37.1 Å². The van der Waals surface area contributed by atoms with Crippen LogP contribution < -0.4 is 5.32 Å². The maximum atomic E-state index is 5.23. The maximum absolute atomic E-state index is 5.23. The molecule has 8 aromatic rings. The molecule has 0 radical (unpaired) electrons. The van der Waals surface area contributed by atoms with Gasteiger partial charge in [-0.3, -0.25) is 4.57 Å². The molecule has 1 N–H and O–H groups in total. The smallest absolute Gasteiger partial charge is 0.208 e. The summed E-state index contributed by atoms with van der Waals surface area (Å²) in [6, 6.07) is 50.1. The Morgan fingerprint density at radius 3 is 2.16 bits per heavy atom. The van der Waals surface area contributed by atoms with Gasteiger partial charge in [-0.25, -0.2) is 4.99 Å². The highest BCUT2D eigenvalue weighted by atomic mass is 32.1. The summed E-state index contributed by atoms with van der Waals surface area (Å²) in [6.07, 6.45) is 4.15. The first kappa shape index (κ1) is 25.1. The van der Waals surface area contributed by atoms with Crippen LogP contribution >= 0.6 is 11.3 Å². The zero-order valence-corrected chi connectivity index (χ0v) is 24.6. The van der Waals surface area contributed by atoms with Gasteiger partial charge in [0.05, 0.1) is 17.1 Å². The number of hydrogen-bond donors (Lipinski definition) is 1. The minimum absolute atomic E-state index is 0.0721. The van der Waals surface area contributed by atoms with E-state index in [1.807, 2.05) is 17.5 Å². The van der Waals surface area contributed by atoms with Crippen molar-refractivity contribution in [2.24, 2.45) is 4.99 Å². The number of fused-ring (bicyclic) bond motifs is 6. The van der Waals surface area contributed by atoms with Crippen LogP contribution in [0.1, 0.15) is 11.6 Å². The monoisotopic (exact) mass is 581 g/mol. The Hall–Kier alpha value is -5.45. The van der Waals surface area contributed by atoms with E-state index >= 15 is 0 Å². The molecule has 1 atom stereocenters. The largest absolute Gasteiger partial charge is 0.332 e. The van der Waals surface area contributed by atoms with E-state index in [2.05, 4.69) is 155 Å². The van der Waals surface area contributed by atoms with Gasteiger partial charge in [-0.15, -0.1) is 11.3 Å². The van der Waals surface area contributed by atoms with Crippen molar-refractivity contribution >= 4 is 59.3 Å². The third kappa shape index (κ3) is 3.99. The molecular formula is C40H27N3S. The van der Waals surface area contributed by atoms with Crippen molar-refractivity contribution in [3.8, 4) is 22.3 Å². The molecule has 9 rings (SSSR count). The molecule has 0 saturated carbocycles. The lowest BCUT2D eigenvalue weighted by Crippen LogP contribution is -2.29. The van der Waals surface area contributed by atoms with Crippen molar-refractivity contribution in [1.29, 1.82) is 0 Å². The highest BCUT2D eigenvalue weighted by molar-refractivity contribution is 7.26. The molecule has 4 heteroatoms. The van der Waals surface area contributed by atoms with Crippen LogP contribution in [0.25, 0.3) is 64.2 Å². The van der Waals surface area contributed by atoms with Crippen LogP contribution in [0.3, 0.4) is 0 Å². The van der Waals surface area contributed by atoms with Gasteiger partial charge in [0.25, 0.3) is 0 Å². The molecule has 0 bridgehead atoms. The second kappa shape index (κ2) is 10.1. The first-order chi connectivity index (χ1) is 21.8. The standard InChI is InChI=1S/C40H27N3S/c1-2-9-26(10-3-1)27-17-19-28(20-18-27)35-23-24-41-40(42-35)43-36-15-6-4-11-31(36)34-25-29(21-22-37(34)43)30-13-8-14-33-32-12-5-7-16-38(32)44-39(30)33/h1-25,35H,(H,41,42). The van der Waals surface area contributed by atoms with E-state index in [4.69, 9.17) is 4.99 Å². The fourth-order valence-electron chi connectivity index (χ4n) is 6.58. The van der Waals surface area contributed by atoms with Gasteiger partial charge in [-0.1, -0.05) is 115 Å². The molecule has 0 aliphatic carbocycles. The molecular weight excluding hydrogens is 555 g/mol. The summed E-state index contributed by atoms with van der Waals surface area (Å²) in [6.45, 7) is 0. The highest BCUT2D eigenvalue weighted by Crippen LogP contribution is 2.41. The molecule has 1 aliphatic heterocycles. The number of thiophene rings is 1. The Morgan fingerprint density at radius 1 is 0.568 bits per heavy atom. The topological polar surface area (TPSA) is 29.3 Å². The van der Waals surface area contributed by atoms with E-state index in [1.165, 1.54) is 58.8 Å². The van der Waals surface area contributed by atoms with Crippen molar-refractivity contribution in [3.63, 3.8) is 0 Å². The minimum atomic E-state index is -0.0721. The fraction of sp³-hybridized carbons (Fsp3) is 0.0250. The zero-order chi connectivity index (χ0) is 29.0. The van der Waals surface area contributed by atoms with Crippen LogP contribution in [0.4, 0.5) is 0 Å². The van der Waals surface area contributed by atoms with Gasteiger partial charge in [-0.2, -0.15) is 0 Å². The predicted molar refractivity (Wildman–Crippen MR) is 187 cm³/mol. The molecule has 208 valence electrons. The number of para-hydroxylation sites is 1. The van der Waals surface area contributed by atoms with E-state index in [9.17, 15) is 0 Å². The summed E-state index contributed by atoms with van der Waals surface area (Å²) in [4.78, 5) is 5.23. The number of rotatable bonds is 3. The van der Waals surface area contributed by atoms with Gasteiger partial charge in [0.2, 0.25) is 5.96 Å². The van der Waals surface area contributed by atoms with Crippen molar-refractivity contribution in [2.75, 3.05) is 0 Å². The van der Waals surface area contributed by atoms with Gasteiger partial charge in [-0.05, 0) is 58.2 Å². The molecule has 6 aromatic carbocycles. The van der Waals surface area contributed by atoms with Crippen LogP contribution in [-0.2, 0) is 0 Å². The number of hydrogen-bond acceptors (Lipinski definition) is 3. The lowest BCUT2D eigenvalue weighted by molar-refractivity contribution is 0.851. The molecule has 1 aliphatic rings. The minimum Gasteiger partial charge on any atom is -0.332 e. The average molecular weight is 582 g/mol. The van der Waals surface area contributed by atoms with Crippen molar-refractivity contribution < 1.29 is 0 Å². The lowest BCUT2D eigenvalue weighted by Gasteiger charge is -2.19. The van der Waals surface area contributed by atoms with Crippen molar-refractivity contribution in [1.82, 2.24) is 9.88 Å². The van der Waals surface area contributed by atoms with Gasteiger partial charge >= 0.3 is 0 Å². The highest BCUT2D eigenvalue weighted by Gasteiger charge is 2.20. The van der Waals surface area contributed by atoms with Crippen LogP contribution in [-0.4, -0.2) is 10.5 Å². The average Bonchev–Trinajstić information content (AvgIpc) is 3.64. The first-order valence-electron chi connectivity index (χ1n) is 14.9. The second-order valence-electron chi connectivity index (χ2n) is 11.3. The quantitative estimate of drug-likeness (QED) is 0.221. The molecule has 0 amide bonds. The maximum Gasteiger partial charge on any atom is 0.208 e. The zero-order valence-electron chi connectivity index (χ0n) is 23.8. The van der Waals surface area contributed by atoms with Crippen molar-refractivity contribution in [3.05, 3.63) is 157 Å². The third-order valence-electron chi connectivity index (χ3n) is 8.71. The van der Waals surface area contributed by atoms with Crippen LogP contribution in [0.15, 0.2) is 157 Å². The molecule has 3 nitrogen and oxygen atoms in total. The van der Waals surface area contributed by atoms with Crippen LogP contribution in [0, 0.1) is 0 Å². The van der Waals surface area contributed by atoms with E-state index in [-0.39, 0.29) is 6.04 Å². The summed E-state index contributed by atoms with van der Waals surface area (Å²) < 4.78 is 4.93. The summed E-state index contributed by atoms with van der Waals surface area (Å²) >= 11 is 1.88. The molecule has 0 saturated heterocycles. The molecule has 1 unspecified atom stereocenters. The summed E-state index contributed by atoms with van der Waals surface area (Å²) in [7, 11) is 0. The van der Waals surface area contributed by atoms with E-state index in [0.29, 0.717) is 0 Å². The number of nitrogens with one attached hydrogen (secondary N) is 1. The number of benzene rings is 6. The number of aromatic nitrogens is 1. The molecule has 0 spiro atoms. The second-order valence-corrected chi connectivity index (χ2v) is 12.3. The van der Waals surface area contributed by atoms with Crippen molar-refractivity contribution in [2.45, 2.75) is 6.04 Å². The Bertz CT molecular complexity index is 2410. The lowest BCUT2D eigenvalue weighted by atomic mass is 10.0. The van der Waals surface area contributed by atoms with Crippen LogP contribution in [0.2, 0.25) is 0 Å². The molecule has 44 heavy (non-hydrogen) atoms. The predicted octanol–water partition coefficient (Wildman–Crippen LogP) is 10.6.